The Kier molecular flexibility index (Phi) is 4.93. The molecule has 0 radical (unpaired) electrons. The summed E-state index contributed by atoms with van der Waals surface area (Å²) in [6, 6.07) is 16.2. The van der Waals surface area contributed by atoms with Crippen molar-refractivity contribution in [3.8, 4) is 11.8 Å². The zero-order valence-electron chi connectivity index (χ0n) is 14.8. The van der Waals surface area contributed by atoms with Crippen LogP contribution in [0.2, 0.25) is 0 Å². The number of H-pyrrole nitrogens is 1. The quantitative estimate of drug-likeness (QED) is 0.663. The molecule has 0 aliphatic carbocycles. The number of rotatable bonds is 5. The Balaban J connectivity index is 1.32. The van der Waals surface area contributed by atoms with Crippen LogP contribution >= 0.6 is 0 Å². The van der Waals surface area contributed by atoms with Crippen LogP contribution in [0.15, 0.2) is 48.5 Å². The normalized spacial score (nSPS) is 15.7. The number of aromatic nitrogens is 2. The van der Waals surface area contributed by atoms with Gasteiger partial charge in [0.2, 0.25) is 0 Å². The van der Waals surface area contributed by atoms with Gasteiger partial charge in [-0.1, -0.05) is 24.3 Å². The van der Waals surface area contributed by atoms with E-state index in [4.69, 9.17) is 14.6 Å². The van der Waals surface area contributed by atoms with Gasteiger partial charge in [-0.2, -0.15) is 4.98 Å². The minimum Gasteiger partial charge on any atom is -0.450 e. The van der Waals surface area contributed by atoms with Crippen LogP contribution in [-0.2, 0) is 11.3 Å². The van der Waals surface area contributed by atoms with Crippen LogP contribution in [0.4, 0.5) is 4.79 Å². The number of nitrogens with one attached hydrogen (secondary N) is 1. The molecular weight excluding hydrogens is 346 g/mol. The van der Waals surface area contributed by atoms with Crippen molar-refractivity contribution in [2.24, 2.45) is 0 Å². The zero-order valence-corrected chi connectivity index (χ0v) is 14.8. The van der Waals surface area contributed by atoms with Crippen LogP contribution in [0, 0.1) is 0 Å². The van der Waals surface area contributed by atoms with Gasteiger partial charge < -0.3 is 19.6 Å². The molecule has 3 aromatic rings. The van der Waals surface area contributed by atoms with Crippen LogP contribution in [0.5, 0.6) is 11.8 Å². The van der Waals surface area contributed by atoms with Gasteiger partial charge in [0.1, 0.15) is 11.9 Å². The molecule has 0 bridgehead atoms. The number of hydrogen-bond acceptors (Lipinski definition) is 5. The molecule has 0 spiro atoms. The van der Waals surface area contributed by atoms with Crippen molar-refractivity contribution in [1.82, 2.24) is 14.9 Å². The van der Waals surface area contributed by atoms with E-state index in [1.54, 1.807) is 0 Å². The number of fused-ring (bicyclic) bond motifs is 1. The third-order valence-electron chi connectivity index (χ3n) is 4.71. The molecular formula is C20H21N3O4. The first-order valence-electron chi connectivity index (χ1n) is 8.99. The van der Waals surface area contributed by atoms with Crippen molar-refractivity contribution in [1.29, 1.82) is 0 Å². The predicted molar refractivity (Wildman–Crippen MR) is 100 cm³/mol. The third-order valence-corrected chi connectivity index (χ3v) is 4.71. The van der Waals surface area contributed by atoms with Crippen LogP contribution in [0.1, 0.15) is 18.4 Å². The Labute approximate surface area is 156 Å². The smallest absolute Gasteiger partial charge is 0.450 e. The number of imidazole rings is 1. The fourth-order valence-electron chi connectivity index (χ4n) is 3.34. The molecule has 1 fully saturated rings. The number of piperidine rings is 1. The molecule has 27 heavy (non-hydrogen) atoms. The second-order valence-electron chi connectivity index (χ2n) is 6.66. The molecule has 0 unspecified atom stereocenters. The highest BCUT2D eigenvalue weighted by Crippen LogP contribution is 2.23. The zero-order chi connectivity index (χ0) is 18.6. The number of nitrogens with zero attached hydrogens (tertiary/aromatic N) is 2. The van der Waals surface area contributed by atoms with Gasteiger partial charge in [0.15, 0.2) is 0 Å². The lowest BCUT2D eigenvalue weighted by atomic mass is 10.1. The summed E-state index contributed by atoms with van der Waals surface area (Å²) in [7, 11) is 0. The Hall–Kier alpha value is -3.06. The second-order valence-corrected chi connectivity index (χ2v) is 6.66. The van der Waals surface area contributed by atoms with Gasteiger partial charge in [0.25, 0.3) is 6.01 Å². The monoisotopic (exact) mass is 367 g/mol. The number of benzene rings is 2. The standard InChI is InChI=1S/C20H21N3O4/c24-20(25)27-16-9-11-23(12-10-16)13-14-5-7-15(8-6-14)26-19-21-17-3-1-2-4-18(17)22-19/h1-8,16H,9-13H2,(H,21,22)(H,24,25). The summed E-state index contributed by atoms with van der Waals surface area (Å²) >= 11 is 0. The number of carboxylic acid groups (broad SMARTS) is 1. The predicted octanol–water partition coefficient (Wildman–Crippen LogP) is 4.01. The Bertz CT molecular complexity index is 881. The molecule has 7 heteroatoms. The Morgan fingerprint density at radius 2 is 1.89 bits per heavy atom. The van der Waals surface area contributed by atoms with E-state index in [1.807, 2.05) is 48.5 Å². The number of likely N-dealkylation sites (tertiary alicyclic amines) is 1. The molecule has 2 aromatic carbocycles. The summed E-state index contributed by atoms with van der Waals surface area (Å²) in [6.45, 7) is 2.48. The minimum atomic E-state index is -1.19. The molecule has 2 heterocycles. The highest BCUT2D eigenvalue weighted by Gasteiger charge is 2.22. The van der Waals surface area contributed by atoms with Crippen molar-refractivity contribution in [2.75, 3.05) is 13.1 Å². The second kappa shape index (κ2) is 7.67. The van der Waals surface area contributed by atoms with Crippen molar-refractivity contribution < 1.29 is 19.4 Å². The molecule has 7 nitrogen and oxygen atoms in total. The summed E-state index contributed by atoms with van der Waals surface area (Å²) in [5.41, 5.74) is 3.00. The average Bonchev–Trinajstić information content (AvgIpc) is 3.07. The van der Waals surface area contributed by atoms with E-state index in [1.165, 1.54) is 5.56 Å². The van der Waals surface area contributed by atoms with E-state index in [-0.39, 0.29) is 6.10 Å². The topological polar surface area (TPSA) is 87.7 Å². The Morgan fingerprint density at radius 1 is 1.15 bits per heavy atom. The van der Waals surface area contributed by atoms with Crippen LogP contribution in [0.3, 0.4) is 0 Å². The molecule has 1 aromatic heterocycles. The van der Waals surface area contributed by atoms with Gasteiger partial charge in [0.05, 0.1) is 11.0 Å². The first kappa shape index (κ1) is 17.4. The number of carbonyl (C=O) groups is 1. The molecule has 140 valence electrons. The van der Waals surface area contributed by atoms with Gasteiger partial charge in [-0.3, -0.25) is 4.90 Å². The fraction of sp³-hybridized carbons (Fsp3) is 0.300. The van der Waals surface area contributed by atoms with Crippen molar-refractivity contribution in [3.05, 3.63) is 54.1 Å². The van der Waals surface area contributed by atoms with E-state index in [2.05, 4.69) is 14.9 Å². The van der Waals surface area contributed by atoms with Gasteiger partial charge in [0, 0.05) is 19.6 Å². The number of para-hydroxylation sites is 2. The maximum Gasteiger partial charge on any atom is 0.506 e. The molecule has 0 atom stereocenters. The van der Waals surface area contributed by atoms with Gasteiger partial charge >= 0.3 is 6.16 Å². The van der Waals surface area contributed by atoms with Crippen LogP contribution in [-0.4, -0.2) is 45.3 Å². The van der Waals surface area contributed by atoms with Crippen molar-refractivity contribution in [2.45, 2.75) is 25.5 Å². The molecule has 2 N–H and O–H groups in total. The van der Waals surface area contributed by atoms with E-state index >= 15 is 0 Å². The summed E-state index contributed by atoms with van der Waals surface area (Å²) in [6.07, 6.45) is 0.103. The molecule has 0 amide bonds. The third kappa shape index (κ3) is 4.38. The van der Waals surface area contributed by atoms with E-state index in [0.717, 1.165) is 49.3 Å². The van der Waals surface area contributed by atoms with E-state index < -0.39 is 6.16 Å². The highest BCUT2D eigenvalue weighted by molar-refractivity contribution is 5.75. The Morgan fingerprint density at radius 3 is 2.59 bits per heavy atom. The highest BCUT2D eigenvalue weighted by atomic mass is 16.7. The first-order chi connectivity index (χ1) is 13.2. The van der Waals surface area contributed by atoms with E-state index in [0.29, 0.717) is 6.01 Å². The van der Waals surface area contributed by atoms with Gasteiger partial charge in [-0.25, -0.2) is 4.79 Å². The average molecular weight is 367 g/mol. The maximum absolute atomic E-state index is 10.6. The largest absolute Gasteiger partial charge is 0.506 e. The molecule has 1 aliphatic heterocycles. The molecule has 1 saturated heterocycles. The molecule has 0 saturated carbocycles. The summed E-state index contributed by atoms with van der Waals surface area (Å²) in [5.74, 6) is 0.728. The summed E-state index contributed by atoms with van der Waals surface area (Å²) < 4.78 is 10.7. The summed E-state index contributed by atoms with van der Waals surface area (Å²) in [4.78, 5) is 20.5. The van der Waals surface area contributed by atoms with Crippen molar-refractivity contribution in [3.63, 3.8) is 0 Å². The number of ether oxygens (including phenoxy) is 2. The summed E-state index contributed by atoms with van der Waals surface area (Å²) in [5, 5.41) is 8.69. The fourth-order valence-corrected chi connectivity index (χ4v) is 3.34. The maximum atomic E-state index is 10.6. The first-order valence-corrected chi connectivity index (χ1v) is 8.99. The van der Waals surface area contributed by atoms with Gasteiger partial charge in [-0.15, -0.1) is 0 Å². The number of aromatic amines is 1. The molecule has 1 aliphatic rings. The van der Waals surface area contributed by atoms with E-state index in [9.17, 15) is 4.79 Å². The lowest BCUT2D eigenvalue weighted by Gasteiger charge is -2.31. The minimum absolute atomic E-state index is 0.182. The van der Waals surface area contributed by atoms with Crippen LogP contribution in [0.25, 0.3) is 11.0 Å². The van der Waals surface area contributed by atoms with Crippen LogP contribution < -0.4 is 4.74 Å². The number of hydrogen-bond donors (Lipinski definition) is 2. The SMILES string of the molecule is O=C(O)OC1CCN(Cc2ccc(Oc3nc4ccccc4[nH]3)cc2)CC1. The lowest BCUT2D eigenvalue weighted by molar-refractivity contribution is 0.0185. The molecule has 4 rings (SSSR count). The lowest BCUT2D eigenvalue weighted by Crippen LogP contribution is -2.37. The van der Waals surface area contributed by atoms with Gasteiger partial charge in [-0.05, 0) is 42.7 Å². The van der Waals surface area contributed by atoms with Crippen molar-refractivity contribution >= 4 is 17.2 Å².